The molecule has 3 aromatic rings. The summed E-state index contributed by atoms with van der Waals surface area (Å²) in [6.45, 7) is 3.89. The highest BCUT2D eigenvalue weighted by Gasteiger charge is 2.35. The van der Waals surface area contributed by atoms with E-state index in [9.17, 15) is 8.78 Å². The van der Waals surface area contributed by atoms with Crippen molar-refractivity contribution in [1.29, 1.82) is 0 Å². The number of hydrogen-bond donors (Lipinski definition) is 1. The molecule has 1 aliphatic carbocycles. The summed E-state index contributed by atoms with van der Waals surface area (Å²) < 4.78 is 32.9. The van der Waals surface area contributed by atoms with Crippen molar-refractivity contribution in [1.82, 2.24) is 20.0 Å². The maximum Gasteiger partial charge on any atom is 0.290 e. The van der Waals surface area contributed by atoms with Gasteiger partial charge in [-0.1, -0.05) is 76.1 Å². The Balaban J connectivity index is 1.39. The Morgan fingerprint density at radius 1 is 1.06 bits per heavy atom. The normalized spacial score (nSPS) is 15.4. The lowest BCUT2D eigenvalue weighted by Crippen LogP contribution is -2.15. The van der Waals surface area contributed by atoms with Crippen molar-refractivity contribution < 1.29 is 13.2 Å². The second-order valence-corrected chi connectivity index (χ2v) is 9.01. The number of nitrogens with zero attached hydrogens (tertiary/aromatic N) is 4. The van der Waals surface area contributed by atoms with Crippen LogP contribution in [0.4, 0.5) is 14.6 Å². The zero-order valence-electron chi connectivity index (χ0n) is 19.9. The van der Waals surface area contributed by atoms with E-state index in [2.05, 4.69) is 27.4 Å². The molecule has 0 bridgehead atoms. The molecule has 0 spiro atoms. The van der Waals surface area contributed by atoms with Crippen LogP contribution in [0.2, 0.25) is 0 Å². The van der Waals surface area contributed by atoms with Crippen LogP contribution in [0.1, 0.15) is 94.0 Å². The minimum Gasteiger partial charge on any atom is -0.444 e. The van der Waals surface area contributed by atoms with E-state index in [4.69, 9.17) is 4.42 Å². The van der Waals surface area contributed by atoms with E-state index in [-0.39, 0.29) is 11.6 Å². The fourth-order valence-corrected chi connectivity index (χ4v) is 4.30. The van der Waals surface area contributed by atoms with Gasteiger partial charge in [0.25, 0.3) is 5.92 Å². The van der Waals surface area contributed by atoms with Crippen molar-refractivity contribution in [3.05, 3.63) is 59.4 Å². The lowest BCUT2D eigenvalue weighted by atomic mass is 10.0. The van der Waals surface area contributed by atoms with Crippen LogP contribution in [0.5, 0.6) is 0 Å². The summed E-state index contributed by atoms with van der Waals surface area (Å²) in [5.41, 5.74) is 2.21. The summed E-state index contributed by atoms with van der Waals surface area (Å²) >= 11 is 0. The summed E-state index contributed by atoms with van der Waals surface area (Å²) in [7, 11) is 0. The molecule has 4 rings (SSSR count). The molecule has 1 N–H and O–H groups in total. The Labute approximate surface area is 199 Å². The molecule has 182 valence electrons. The van der Waals surface area contributed by atoms with Gasteiger partial charge in [0.15, 0.2) is 5.82 Å². The van der Waals surface area contributed by atoms with Crippen LogP contribution in [0.15, 0.2) is 41.1 Å². The fraction of sp³-hybridized carbons (Fsp3) is 0.500. The molecule has 6 nitrogen and oxygen atoms in total. The quantitative estimate of drug-likeness (QED) is 0.271. The molecule has 34 heavy (non-hydrogen) atoms. The number of nitrogens with one attached hydrogen (secondary N) is 1. The van der Waals surface area contributed by atoms with Crippen LogP contribution in [-0.4, -0.2) is 26.5 Å². The molecule has 0 saturated heterocycles. The first kappa shape index (κ1) is 24.1. The number of oxazole rings is 1. The number of halogens is 2. The maximum atomic E-state index is 13.7. The van der Waals surface area contributed by atoms with Gasteiger partial charge in [-0.2, -0.15) is 18.7 Å². The van der Waals surface area contributed by atoms with Gasteiger partial charge in [-0.3, -0.25) is 0 Å². The molecule has 0 amide bonds. The van der Waals surface area contributed by atoms with Crippen molar-refractivity contribution in [2.45, 2.75) is 77.2 Å². The molecule has 2 heterocycles. The van der Waals surface area contributed by atoms with Crippen LogP contribution in [0, 0.1) is 0 Å². The van der Waals surface area contributed by atoms with Crippen LogP contribution < -0.4 is 5.32 Å². The van der Waals surface area contributed by atoms with Gasteiger partial charge in [0.1, 0.15) is 18.0 Å². The zero-order valence-corrected chi connectivity index (χ0v) is 19.9. The van der Waals surface area contributed by atoms with Crippen molar-refractivity contribution in [2.75, 3.05) is 11.9 Å². The van der Waals surface area contributed by atoms with Crippen molar-refractivity contribution in [3.8, 4) is 0 Å². The largest absolute Gasteiger partial charge is 0.444 e. The molecule has 0 saturated carbocycles. The molecule has 8 heteroatoms. The van der Waals surface area contributed by atoms with E-state index in [0.717, 1.165) is 37.3 Å². The minimum atomic E-state index is -3.07. The van der Waals surface area contributed by atoms with Gasteiger partial charge >= 0.3 is 0 Å². The zero-order chi connectivity index (χ0) is 24.0. The molecule has 0 fully saturated rings. The van der Waals surface area contributed by atoms with Gasteiger partial charge in [0.05, 0.1) is 6.20 Å². The first-order valence-corrected chi connectivity index (χ1v) is 12.3. The number of unbranched alkanes of at least 4 members (excludes halogenated alkanes) is 7. The average Bonchev–Trinajstić information content (AvgIpc) is 3.55. The van der Waals surface area contributed by atoms with Crippen LogP contribution >= 0.6 is 0 Å². The first-order valence-electron chi connectivity index (χ1n) is 12.3. The Morgan fingerprint density at radius 3 is 2.53 bits per heavy atom. The lowest BCUT2D eigenvalue weighted by Gasteiger charge is -2.14. The van der Waals surface area contributed by atoms with Gasteiger partial charge in [-0.25, -0.2) is 4.98 Å². The third-order valence-electron chi connectivity index (χ3n) is 6.17. The van der Waals surface area contributed by atoms with Gasteiger partial charge in [0.2, 0.25) is 5.89 Å². The highest BCUT2D eigenvalue weighted by atomic mass is 19.3. The summed E-state index contributed by atoms with van der Waals surface area (Å²) in [4.78, 5) is 5.66. The Morgan fingerprint density at radius 2 is 1.79 bits per heavy atom. The van der Waals surface area contributed by atoms with Crippen LogP contribution in [0.3, 0.4) is 0 Å². The summed E-state index contributed by atoms with van der Waals surface area (Å²) in [6.07, 6.45) is 14.8. The van der Waals surface area contributed by atoms with E-state index in [0.29, 0.717) is 11.4 Å². The predicted octanol–water partition coefficient (Wildman–Crippen LogP) is 7.07. The van der Waals surface area contributed by atoms with Gasteiger partial charge in [-0.15, -0.1) is 5.10 Å². The number of alkyl halides is 2. The van der Waals surface area contributed by atoms with Crippen molar-refractivity contribution >= 4 is 17.5 Å². The summed E-state index contributed by atoms with van der Waals surface area (Å²) in [6, 6.07) is 7.43. The molecule has 1 aliphatic rings. The Kier molecular flexibility index (Phi) is 7.75. The number of rotatable bonds is 13. The van der Waals surface area contributed by atoms with Crippen LogP contribution in [-0.2, 0) is 5.92 Å². The van der Waals surface area contributed by atoms with E-state index >= 15 is 0 Å². The predicted molar refractivity (Wildman–Crippen MR) is 130 cm³/mol. The first-order chi connectivity index (χ1) is 16.5. The second kappa shape index (κ2) is 10.9. The molecule has 2 aromatic heterocycles. The third-order valence-corrected chi connectivity index (χ3v) is 6.17. The number of aromatic nitrogens is 4. The standard InChI is InChI=1S/C26H33F2N5O/c1-3-4-5-6-7-8-9-12-15-29-23-17-30-33(32-23)24-20-14-11-10-13-19(20)16-21(24)25-31-22(18-34-25)26(2,27)28/h10-11,13-14,16-18,24H,3-9,12,15H2,1-2H3,(H,29,32). The summed E-state index contributed by atoms with van der Waals surface area (Å²) in [5, 5.41) is 12.4. The average molecular weight is 470 g/mol. The number of hydrogen-bond acceptors (Lipinski definition) is 5. The number of benzene rings is 1. The van der Waals surface area contributed by atoms with Gasteiger partial charge < -0.3 is 9.73 Å². The minimum absolute atomic E-state index is 0.156. The molecule has 1 atom stereocenters. The van der Waals surface area contributed by atoms with E-state index < -0.39 is 12.0 Å². The number of anilines is 1. The molecule has 0 radical (unpaired) electrons. The van der Waals surface area contributed by atoms with E-state index in [1.165, 1.54) is 44.9 Å². The van der Waals surface area contributed by atoms with Crippen LogP contribution in [0.25, 0.3) is 11.6 Å². The second-order valence-electron chi connectivity index (χ2n) is 9.01. The highest BCUT2D eigenvalue weighted by Crippen LogP contribution is 2.42. The lowest BCUT2D eigenvalue weighted by molar-refractivity contribution is 0.0127. The Bertz CT molecular complexity index is 1100. The SMILES string of the molecule is CCCCCCCCCCNc1cnn(C2C(c3nc(C(C)(F)F)co3)=Cc3ccccc32)n1. The van der Waals surface area contributed by atoms with Crippen molar-refractivity contribution in [2.24, 2.45) is 0 Å². The van der Waals surface area contributed by atoms with Crippen molar-refractivity contribution in [3.63, 3.8) is 0 Å². The molecular formula is C26H33F2N5O. The molecular weight excluding hydrogens is 436 g/mol. The fourth-order valence-electron chi connectivity index (χ4n) is 4.30. The highest BCUT2D eigenvalue weighted by molar-refractivity contribution is 5.88. The molecule has 1 aromatic carbocycles. The van der Waals surface area contributed by atoms with E-state index in [1.54, 1.807) is 11.0 Å². The maximum absolute atomic E-state index is 13.7. The monoisotopic (exact) mass is 469 g/mol. The number of fused-ring (bicyclic) bond motifs is 1. The smallest absolute Gasteiger partial charge is 0.290 e. The topological polar surface area (TPSA) is 68.8 Å². The number of allylic oxidation sites excluding steroid dienone is 1. The van der Waals surface area contributed by atoms with E-state index in [1.807, 2.05) is 30.3 Å². The summed E-state index contributed by atoms with van der Waals surface area (Å²) in [5.74, 6) is -2.22. The van der Waals surface area contributed by atoms with Gasteiger partial charge in [-0.05, 0) is 23.6 Å². The third kappa shape index (κ3) is 5.72. The van der Waals surface area contributed by atoms with Gasteiger partial charge in [0, 0.05) is 19.0 Å². The molecule has 0 aliphatic heterocycles. The Hall–Kier alpha value is -3.03. The molecule has 1 unspecified atom stereocenters.